The predicted octanol–water partition coefficient (Wildman–Crippen LogP) is 4.13. The number of carbonyl (C=O) groups is 1. The summed E-state index contributed by atoms with van der Waals surface area (Å²) in [6.45, 7) is 4.07. The van der Waals surface area contributed by atoms with E-state index in [1.807, 2.05) is 49.4 Å². The second kappa shape index (κ2) is 6.19. The Morgan fingerprint density at radius 1 is 1.05 bits per heavy atom. The molecule has 0 saturated heterocycles. The fourth-order valence-corrected chi connectivity index (χ4v) is 2.09. The average molecular weight is 253 g/mol. The van der Waals surface area contributed by atoms with Crippen LogP contribution in [0.3, 0.4) is 0 Å². The Morgan fingerprint density at radius 3 is 2.37 bits per heavy atom. The zero-order chi connectivity index (χ0) is 13.7. The number of anilines is 1. The van der Waals surface area contributed by atoms with E-state index in [0.29, 0.717) is 6.42 Å². The van der Waals surface area contributed by atoms with Gasteiger partial charge < -0.3 is 5.32 Å². The molecular formula is C17H19NO. The number of aryl methyl sites for hydroxylation is 1. The van der Waals surface area contributed by atoms with Crippen LogP contribution in [0.2, 0.25) is 0 Å². The van der Waals surface area contributed by atoms with Gasteiger partial charge in [-0.1, -0.05) is 55.5 Å². The zero-order valence-electron chi connectivity index (χ0n) is 11.4. The highest BCUT2D eigenvalue weighted by atomic mass is 16.1. The third kappa shape index (κ3) is 3.68. The molecule has 2 rings (SSSR count). The summed E-state index contributed by atoms with van der Waals surface area (Å²) in [4.78, 5) is 12.0. The molecule has 0 aromatic heterocycles. The lowest BCUT2D eigenvalue weighted by Crippen LogP contribution is -2.15. The van der Waals surface area contributed by atoms with Crippen molar-refractivity contribution in [3.8, 4) is 0 Å². The van der Waals surface area contributed by atoms with Gasteiger partial charge in [-0.2, -0.15) is 0 Å². The molecule has 2 heteroatoms. The lowest BCUT2D eigenvalue weighted by Gasteiger charge is -2.13. The van der Waals surface area contributed by atoms with Gasteiger partial charge in [-0.05, 0) is 30.0 Å². The van der Waals surface area contributed by atoms with E-state index in [-0.39, 0.29) is 11.8 Å². The van der Waals surface area contributed by atoms with Gasteiger partial charge >= 0.3 is 0 Å². The van der Waals surface area contributed by atoms with Gasteiger partial charge in [0.25, 0.3) is 0 Å². The molecule has 0 saturated carbocycles. The van der Waals surface area contributed by atoms with Crippen LogP contribution >= 0.6 is 0 Å². The van der Waals surface area contributed by atoms with Crippen molar-refractivity contribution in [2.24, 2.45) is 0 Å². The molecule has 0 aliphatic rings. The van der Waals surface area contributed by atoms with E-state index in [4.69, 9.17) is 0 Å². The second-order valence-electron chi connectivity index (χ2n) is 4.88. The van der Waals surface area contributed by atoms with Crippen LogP contribution in [0.5, 0.6) is 0 Å². The van der Waals surface area contributed by atoms with Gasteiger partial charge in [0.2, 0.25) is 5.91 Å². The number of carbonyl (C=O) groups excluding carboxylic acids is 1. The number of rotatable bonds is 4. The quantitative estimate of drug-likeness (QED) is 0.872. The highest BCUT2D eigenvalue weighted by Gasteiger charge is 2.11. The molecule has 0 bridgehead atoms. The maximum absolute atomic E-state index is 12.0. The van der Waals surface area contributed by atoms with Crippen molar-refractivity contribution in [2.45, 2.75) is 26.2 Å². The first-order chi connectivity index (χ1) is 9.16. The Kier molecular flexibility index (Phi) is 4.35. The van der Waals surface area contributed by atoms with Gasteiger partial charge in [0.15, 0.2) is 0 Å². The summed E-state index contributed by atoms with van der Waals surface area (Å²) in [5.41, 5.74) is 3.18. The molecule has 0 aliphatic heterocycles. The number of hydrogen-bond donors (Lipinski definition) is 1. The molecule has 2 aromatic carbocycles. The number of nitrogens with one attached hydrogen (secondary N) is 1. The molecule has 2 nitrogen and oxygen atoms in total. The van der Waals surface area contributed by atoms with E-state index in [0.717, 1.165) is 11.3 Å². The Morgan fingerprint density at radius 2 is 1.68 bits per heavy atom. The van der Waals surface area contributed by atoms with E-state index < -0.39 is 0 Å². The fourth-order valence-electron chi connectivity index (χ4n) is 2.09. The highest BCUT2D eigenvalue weighted by molar-refractivity contribution is 5.91. The van der Waals surface area contributed by atoms with E-state index in [9.17, 15) is 4.79 Å². The van der Waals surface area contributed by atoms with E-state index >= 15 is 0 Å². The van der Waals surface area contributed by atoms with Crippen LogP contribution < -0.4 is 5.32 Å². The van der Waals surface area contributed by atoms with E-state index in [1.54, 1.807) is 0 Å². The van der Waals surface area contributed by atoms with Crippen molar-refractivity contribution in [2.75, 3.05) is 5.32 Å². The first-order valence-corrected chi connectivity index (χ1v) is 6.57. The SMILES string of the molecule is Cc1ccccc1NC(=O)CC(C)c1ccccc1. The van der Waals surface area contributed by atoms with Gasteiger partial charge in [0.1, 0.15) is 0 Å². The lowest BCUT2D eigenvalue weighted by atomic mass is 9.97. The molecule has 0 spiro atoms. The van der Waals surface area contributed by atoms with Crippen LogP contribution in [-0.4, -0.2) is 5.91 Å². The van der Waals surface area contributed by atoms with Crippen molar-refractivity contribution < 1.29 is 4.79 Å². The van der Waals surface area contributed by atoms with Crippen molar-refractivity contribution >= 4 is 11.6 Å². The summed E-state index contributed by atoms with van der Waals surface area (Å²) >= 11 is 0. The Balaban J connectivity index is 1.97. The molecule has 0 aliphatic carbocycles. The number of amides is 1. The van der Waals surface area contributed by atoms with Crippen LogP contribution in [-0.2, 0) is 4.79 Å². The smallest absolute Gasteiger partial charge is 0.224 e. The third-order valence-electron chi connectivity index (χ3n) is 3.28. The lowest BCUT2D eigenvalue weighted by molar-refractivity contribution is -0.116. The minimum Gasteiger partial charge on any atom is -0.326 e. The summed E-state index contributed by atoms with van der Waals surface area (Å²) in [7, 11) is 0. The van der Waals surface area contributed by atoms with Crippen molar-refractivity contribution in [1.29, 1.82) is 0 Å². The molecule has 0 heterocycles. The first-order valence-electron chi connectivity index (χ1n) is 6.57. The van der Waals surface area contributed by atoms with Crippen LogP contribution in [0.1, 0.15) is 30.4 Å². The molecule has 2 aromatic rings. The van der Waals surface area contributed by atoms with Gasteiger partial charge in [-0.25, -0.2) is 0 Å². The first kappa shape index (κ1) is 13.3. The fraction of sp³-hybridized carbons (Fsp3) is 0.235. The largest absolute Gasteiger partial charge is 0.326 e. The van der Waals surface area contributed by atoms with Gasteiger partial charge in [0.05, 0.1) is 0 Å². The molecule has 0 radical (unpaired) electrons. The summed E-state index contributed by atoms with van der Waals surface area (Å²) in [6.07, 6.45) is 0.498. The Hall–Kier alpha value is -2.09. The van der Waals surface area contributed by atoms with Gasteiger partial charge in [-0.15, -0.1) is 0 Å². The normalized spacial score (nSPS) is 11.9. The maximum atomic E-state index is 12.0. The number of hydrogen-bond acceptors (Lipinski definition) is 1. The predicted molar refractivity (Wildman–Crippen MR) is 79.3 cm³/mol. The van der Waals surface area contributed by atoms with Crippen LogP contribution in [0, 0.1) is 6.92 Å². The number of benzene rings is 2. The standard InChI is InChI=1S/C17H19NO/c1-13-8-6-7-11-16(13)18-17(19)12-14(2)15-9-4-3-5-10-15/h3-11,14H,12H2,1-2H3,(H,18,19). The summed E-state index contributed by atoms with van der Waals surface area (Å²) < 4.78 is 0. The third-order valence-corrected chi connectivity index (χ3v) is 3.28. The second-order valence-corrected chi connectivity index (χ2v) is 4.88. The highest BCUT2D eigenvalue weighted by Crippen LogP contribution is 2.20. The van der Waals surface area contributed by atoms with Crippen LogP contribution in [0.15, 0.2) is 54.6 Å². The van der Waals surface area contributed by atoms with E-state index in [2.05, 4.69) is 24.4 Å². The average Bonchev–Trinajstić information content (AvgIpc) is 2.42. The molecule has 1 atom stereocenters. The molecule has 0 fully saturated rings. The maximum Gasteiger partial charge on any atom is 0.224 e. The Bertz CT molecular complexity index is 548. The Labute approximate surface area is 114 Å². The summed E-state index contributed by atoms with van der Waals surface area (Å²) in [5, 5.41) is 2.97. The van der Waals surface area contributed by atoms with Crippen molar-refractivity contribution in [3.63, 3.8) is 0 Å². The molecule has 98 valence electrons. The molecule has 19 heavy (non-hydrogen) atoms. The molecule has 1 unspecified atom stereocenters. The van der Waals surface area contributed by atoms with E-state index in [1.165, 1.54) is 5.56 Å². The molecule has 1 amide bonds. The zero-order valence-corrected chi connectivity index (χ0v) is 11.4. The van der Waals surface area contributed by atoms with Crippen molar-refractivity contribution in [3.05, 3.63) is 65.7 Å². The van der Waals surface area contributed by atoms with Gasteiger partial charge in [0, 0.05) is 12.1 Å². The monoisotopic (exact) mass is 253 g/mol. The molecule has 1 N–H and O–H groups in total. The topological polar surface area (TPSA) is 29.1 Å². The number of para-hydroxylation sites is 1. The van der Waals surface area contributed by atoms with Gasteiger partial charge in [-0.3, -0.25) is 4.79 Å². The van der Waals surface area contributed by atoms with Crippen LogP contribution in [0.25, 0.3) is 0 Å². The van der Waals surface area contributed by atoms with Crippen molar-refractivity contribution in [1.82, 2.24) is 0 Å². The minimum atomic E-state index is 0.0608. The molecular weight excluding hydrogens is 234 g/mol. The summed E-state index contributed by atoms with van der Waals surface area (Å²) in [6, 6.07) is 18.0. The van der Waals surface area contributed by atoms with Crippen LogP contribution in [0.4, 0.5) is 5.69 Å². The minimum absolute atomic E-state index is 0.0608. The summed E-state index contributed by atoms with van der Waals surface area (Å²) in [5.74, 6) is 0.288.